The first-order valence-corrected chi connectivity index (χ1v) is 5.33. The van der Waals surface area contributed by atoms with Crippen LogP contribution in [0.5, 0.6) is 0 Å². The Morgan fingerprint density at radius 2 is 1.44 bits per heavy atom. The van der Waals surface area contributed by atoms with E-state index < -0.39 is 0 Å². The number of nitrogens with zero attached hydrogens (tertiary/aromatic N) is 3. The van der Waals surface area contributed by atoms with Crippen LogP contribution in [-0.4, -0.2) is 26.1 Å². The molecule has 1 aromatic heterocycles. The summed E-state index contributed by atoms with van der Waals surface area (Å²) in [5, 5.41) is 14.1. The fraction of sp³-hybridized carbons (Fsp3) is 0. The van der Waals surface area contributed by atoms with Gasteiger partial charge in [0.1, 0.15) is 0 Å². The molecule has 0 saturated carbocycles. The molecule has 1 heterocycles. The van der Waals surface area contributed by atoms with E-state index in [1.165, 1.54) is 0 Å². The van der Waals surface area contributed by atoms with E-state index in [1.54, 1.807) is 0 Å². The van der Waals surface area contributed by atoms with Gasteiger partial charge >= 0.3 is 0 Å². The Balaban J connectivity index is 0.00000120. The lowest BCUT2D eigenvalue weighted by atomic mass is 9.99. The molecule has 0 atom stereocenters. The van der Waals surface area contributed by atoms with Gasteiger partial charge in [-0.3, -0.25) is 0 Å². The third-order valence-electron chi connectivity index (χ3n) is 2.60. The summed E-state index contributed by atoms with van der Waals surface area (Å²) in [5.41, 5.74) is 3.23. The number of H-pyrrole nitrogens is 1. The van der Waals surface area contributed by atoms with Gasteiger partial charge in [0.05, 0.1) is 0 Å². The predicted octanol–water partition coefficient (Wildman–Crippen LogP) is 1.71. The van der Waals surface area contributed by atoms with Crippen molar-refractivity contribution in [2.75, 3.05) is 0 Å². The normalized spacial score (nSPS) is 9.78. The van der Waals surface area contributed by atoms with Crippen LogP contribution in [0.3, 0.4) is 0 Å². The first-order valence-electron chi connectivity index (χ1n) is 5.33. The third-order valence-corrected chi connectivity index (χ3v) is 2.60. The maximum absolute atomic E-state index is 4.03. The van der Waals surface area contributed by atoms with Gasteiger partial charge in [-0.1, -0.05) is 54.6 Å². The highest BCUT2D eigenvalue weighted by Gasteiger charge is 2.09. The van der Waals surface area contributed by atoms with Crippen molar-refractivity contribution in [2.45, 2.75) is 0 Å². The van der Waals surface area contributed by atoms with Crippen LogP contribution in [0.15, 0.2) is 54.6 Å². The van der Waals surface area contributed by atoms with Gasteiger partial charge in [0, 0.05) is 5.56 Å². The Bertz CT molecular complexity index is 608. The van der Waals surface area contributed by atoms with Gasteiger partial charge in [-0.05, 0) is 16.3 Å². The largest absolute Gasteiger partial charge is 0.412 e. The van der Waals surface area contributed by atoms with Crippen molar-refractivity contribution in [2.24, 2.45) is 0 Å². The number of hydrogen-bond donors (Lipinski definition) is 1. The molecular weight excluding hydrogens is 228 g/mol. The van der Waals surface area contributed by atoms with E-state index in [0.29, 0.717) is 5.82 Å². The minimum absolute atomic E-state index is 0. The zero-order chi connectivity index (χ0) is 11.5. The van der Waals surface area contributed by atoms with Gasteiger partial charge in [0.15, 0.2) is 0 Å². The molecule has 0 saturated heterocycles. The van der Waals surface area contributed by atoms with Crippen LogP contribution < -0.4 is 0 Å². The van der Waals surface area contributed by atoms with E-state index in [2.05, 4.69) is 38.8 Å². The Morgan fingerprint density at radius 3 is 2.11 bits per heavy atom. The average molecular weight is 240 g/mol. The molecule has 5 nitrogen and oxygen atoms in total. The molecule has 18 heavy (non-hydrogen) atoms. The monoisotopic (exact) mass is 240 g/mol. The standard InChI is InChI=1S/C13H10N4.H2O/c1-2-6-10(7-3-1)11-8-4-5-9-12(11)13-14-16-17-15-13;/h1-9H,(H,14,15,16,17);1H2. The van der Waals surface area contributed by atoms with E-state index >= 15 is 0 Å². The zero-order valence-electron chi connectivity index (χ0n) is 9.54. The van der Waals surface area contributed by atoms with Gasteiger partial charge in [0.25, 0.3) is 0 Å². The van der Waals surface area contributed by atoms with Crippen LogP contribution in [0.4, 0.5) is 0 Å². The van der Waals surface area contributed by atoms with Crippen molar-refractivity contribution in [3.63, 3.8) is 0 Å². The van der Waals surface area contributed by atoms with Crippen LogP contribution in [0.1, 0.15) is 0 Å². The second-order valence-electron chi connectivity index (χ2n) is 3.65. The number of tetrazole rings is 1. The molecule has 0 spiro atoms. The molecule has 3 N–H and O–H groups in total. The van der Waals surface area contributed by atoms with Gasteiger partial charge in [-0.2, -0.15) is 5.21 Å². The summed E-state index contributed by atoms with van der Waals surface area (Å²) in [4.78, 5) is 0. The van der Waals surface area contributed by atoms with Crippen molar-refractivity contribution < 1.29 is 5.48 Å². The molecule has 0 aliphatic rings. The molecule has 0 amide bonds. The molecule has 3 rings (SSSR count). The first-order chi connectivity index (χ1) is 8.45. The Kier molecular flexibility index (Phi) is 3.45. The molecule has 5 heteroatoms. The summed E-state index contributed by atoms with van der Waals surface area (Å²) in [7, 11) is 0. The van der Waals surface area contributed by atoms with Crippen LogP contribution in [0, 0.1) is 0 Å². The molecule has 2 aromatic carbocycles. The predicted molar refractivity (Wildman–Crippen MR) is 68.7 cm³/mol. The molecule has 0 bridgehead atoms. The Morgan fingerprint density at radius 1 is 0.778 bits per heavy atom. The average Bonchev–Trinajstić information content (AvgIpc) is 2.94. The second-order valence-corrected chi connectivity index (χ2v) is 3.65. The smallest absolute Gasteiger partial charge is 0.205 e. The summed E-state index contributed by atoms with van der Waals surface area (Å²) in [6.07, 6.45) is 0. The van der Waals surface area contributed by atoms with Gasteiger partial charge in [-0.15, -0.1) is 10.2 Å². The lowest BCUT2D eigenvalue weighted by Crippen LogP contribution is -1.86. The van der Waals surface area contributed by atoms with Crippen LogP contribution in [0.25, 0.3) is 22.5 Å². The van der Waals surface area contributed by atoms with E-state index in [1.807, 2.05) is 36.4 Å². The van der Waals surface area contributed by atoms with Crippen LogP contribution in [-0.2, 0) is 0 Å². The molecule has 0 aliphatic carbocycles. The van der Waals surface area contributed by atoms with Crippen molar-refractivity contribution in [3.8, 4) is 22.5 Å². The van der Waals surface area contributed by atoms with E-state index in [0.717, 1.165) is 16.7 Å². The molecule has 0 fully saturated rings. The maximum Gasteiger partial charge on any atom is 0.205 e. The van der Waals surface area contributed by atoms with E-state index in [4.69, 9.17) is 0 Å². The number of rotatable bonds is 2. The summed E-state index contributed by atoms with van der Waals surface area (Å²) in [5.74, 6) is 0.615. The lowest BCUT2D eigenvalue weighted by Gasteiger charge is -2.05. The third kappa shape index (κ3) is 2.11. The quantitative estimate of drug-likeness (QED) is 0.739. The number of aromatic nitrogens is 4. The molecular formula is C13H12N4O. The Hall–Kier alpha value is -2.53. The topological polar surface area (TPSA) is 86.0 Å². The number of nitrogens with one attached hydrogen (secondary N) is 1. The lowest BCUT2D eigenvalue weighted by molar-refractivity contribution is 0.824. The molecule has 0 radical (unpaired) electrons. The summed E-state index contributed by atoms with van der Waals surface area (Å²) >= 11 is 0. The highest BCUT2D eigenvalue weighted by molar-refractivity contribution is 5.80. The maximum atomic E-state index is 4.03. The minimum atomic E-state index is 0. The highest BCUT2D eigenvalue weighted by Crippen LogP contribution is 2.28. The second kappa shape index (κ2) is 5.20. The minimum Gasteiger partial charge on any atom is -0.412 e. The van der Waals surface area contributed by atoms with Crippen molar-refractivity contribution >= 4 is 0 Å². The van der Waals surface area contributed by atoms with Crippen LogP contribution in [0.2, 0.25) is 0 Å². The highest BCUT2D eigenvalue weighted by atomic mass is 16.0. The van der Waals surface area contributed by atoms with E-state index in [9.17, 15) is 0 Å². The van der Waals surface area contributed by atoms with Gasteiger partial charge < -0.3 is 5.48 Å². The fourth-order valence-electron chi connectivity index (χ4n) is 1.82. The zero-order valence-corrected chi connectivity index (χ0v) is 9.54. The van der Waals surface area contributed by atoms with Crippen molar-refractivity contribution in [1.82, 2.24) is 20.6 Å². The van der Waals surface area contributed by atoms with E-state index in [-0.39, 0.29) is 5.48 Å². The SMILES string of the molecule is O.c1ccc(-c2ccccc2-c2nn[nH]n2)cc1. The molecule has 3 aromatic rings. The summed E-state index contributed by atoms with van der Waals surface area (Å²) in [6.45, 7) is 0. The van der Waals surface area contributed by atoms with Crippen molar-refractivity contribution in [1.29, 1.82) is 0 Å². The number of hydrogen-bond acceptors (Lipinski definition) is 3. The molecule has 0 unspecified atom stereocenters. The van der Waals surface area contributed by atoms with Crippen LogP contribution >= 0.6 is 0 Å². The number of aromatic amines is 1. The van der Waals surface area contributed by atoms with Crippen molar-refractivity contribution in [3.05, 3.63) is 54.6 Å². The first kappa shape index (κ1) is 11.9. The molecule has 0 aliphatic heterocycles. The molecule has 90 valence electrons. The summed E-state index contributed by atoms with van der Waals surface area (Å²) < 4.78 is 0. The summed E-state index contributed by atoms with van der Waals surface area (Å²) in [6, 6.07) is 18.2. The number of benzene rings is 2. The fourth-order valence-corrected chi connectivity index (χ4v) is 1.82. The van der Waals surface area contributed by atoms with Gasteiger partial charge in [0.2, 0.25) is 5.82 Å². The Labute approximate surface area is 104 Å². The van der Waals surface area contributed by atoms with Gasteiger partial charge in [-0.25, -0.2) is 0 Å².